The summed E-state index contributed by atoms with van der Waals surface area (Å²) >= 11 is -0.683. The van der Waals surface area contributed by atoms with Crippen molar-refractivity contribution < 1.29 is 24.0 Å². The second kappa shape index (κ2) is 9.21. The first-order valence-corrected chi connectivity index (χ1v) is 12.7. The van der Waals surface area contributed by atoms with Gasteiger partial charge in [-0.15, -0.1) is 0 Å². The molecule has 0 amide bonds. The van der Waals surface area contributed by atoms with Crippen LogP contribution in [0, 0.1) is 5.92 Å². The summed E-state index contributed by atoms with van der Waals surface area (Å²) < 4.78 is 3.05. The molecule has 1 aliphatic carbocycles. The minimum Gasteiger partial charge on any atom is -1.00 e. The van der Waals surface area contributed by atoms with Gasteiger partial charge in [-0.2, -0.15) is 0 Å². The van der Waals surface area contributed by atoms with Crippen LogP contribution in [0.3, 0.4) is 0 Å². The smallest absolute Gasteiger partial charge is 1.00 e. The maximum absolute atomic E-state index is 4.74. The van der Waals surface area contributed by atoms with Crippen molar-refractivity contribution in [2.45, 2.75) is 69.6 Å². The summed E-state index contributed by atoms with van der Waals surface area (Å²) in [6.07, 6.45) is 7.10. The quantitative estimate of drug-likeness (QED) is 0.265. The molecule has 0 unspecified atom stereocenters. The fraction of sp³-hybridized carbons (Fsp3) is 0.600. The Morgan fingerprint density at radius 3 is 1.79 bits per heavy atom. The molecule has 1 fully saturated rings. The molecule has 0 heterocycles. The van der Waals surface area contributed by atoms with E-state index in [1.807, 2.05) is 0 Å². The second-order valence-electron chi connectivity index (χ2n) is 8.43. The van der Waals surface area contributed by atoms with Crippen molar-refractivity contribution in [3.8, 4) is 0 Å². The maximum atomic E-state index is 4.74. The third-order valence-corrected chi connectivity index (χ3v) is 9.44. The normalized spacial score (nSPS) is 15.9. The maximum Gasteiger partial charge on any atom is -1.00 e. The number of hydrogen-bond donors (Lipinski definition) is 0. The Morgan fingerprint density at radius 2 is 1.42 bits per heavy atom. The Balaban J connectivity index is 0.00000288. The van der Waals surface area contributed by atoms with Crippen LogP contribution >= 0.6 is 0 Å². The van der Waals surface area contributed by atoms with Crippen molar-refractivity contribution in [2.24, 2.45) is 15.9 Å². The summed E-state index contributed by atoms with van der Waals surface area (Å²) in [6, 6.07) is 6.61. The van der Waals surface area contributed by atoms with Crippen molar-refractivity contribution in [3.63, 3.8) is 0 Å². The zero-order valence-electron chi connectivity index (χ0n) is 15.8. The van der Waals surface area contributed by atoms with Gasteiger partial charge in [-0.25, -0.2) is 0 Å². The number of benzene rings is 1. The van der Waals surface area contributed by atoms with E-state index in [1.165, 1.54) is 28.1 Å². The standard InChI is InChI=1S/C16H23N2.C4H7.Bi.HI/c1-15(2,3)17-11-13-8-7-9-14(10-13)12-18-16(4,5)6;1-4-2-3-4;;/h7-9,11-12H,1-6H3;4H,1-3H2;;1H/q;;+1;/p-1. The summed E-state index contributed by atoms with van der Waals surface area (Å²) in [7, 11) is 0. The molecular formula is C20H30BiIN2. The van der Waals surface area contributed by atoms with Gasteiger partial charge in [-0.05, 0) is 0 Å². The van der Waals surface area contributed by atoms with Crippen molar-refractivity contribution in [1.82, 2.24) is 0 Å². The minimum atomic E-state index is -0.683. The molecule has 0 aliphatic heterocycles. The van der Waals surface area contributed by atoms with Gasteiger partial charge in [0.15, 0.2) is 0 Å². The number of nitrogens with zero attached hydrogens (tertiary/aromatic N) is 2. The molecule has 1 aliphatic rings. The number of rotatable bonds is 5. The van der Waals surface area contributed by atoms with Crippen LogP contribution in [0.15, 0.2) is 28.2 Å². The fourth-order valence-electron chi connectivity index (χ4n) is 2.02. The van der Waals surface area contributed by atoms with Gasteiger partial charge in [0, 0.05) is 0 Å². The van der Waals surface area contributed by atoms with Crippen LogP contribution in [0.2, 0.25) is 4.13 Å². The van der Waals surface area contributed by atoms with Gasteiger partial charge in [0.1, 0.15) is 0 Å². The SMILES string of the molecule is CC(C)(C)N=Cc1cccc(C=NC(C)(C)C)[c]1[Bi+][CH2]C1CC1.[I-]. The molecule has 1 saturated carbocycles. The Kier molecular flexibility index (Phi) is 8.52. The number of halogens is 1. The van der Waals surface area contributed by atoms with Crippen LogP contribution in [-0.4, -0.2) is 46.7 Å². The summed E-state index contributed by atoms with van der Waals surface area (Å²) in [6.45, 7) is 12.9. The van der Waals surface area contributed by atoms with E-state index in [4.69, 9.17) is 9.98 Å². The Hall–Kier alpha value is 0.173. The van der Waals surface area contributed by atoms with Crippen LogP contribution in [0.4, 0.5) is 0 Å². The van der Waals surface area contributed by atoms with E-state index >= 15 is 0 Å². The molecule has 4 heteroatoms. The van der Waals surface area contributed by atoms with Crippen LogP contribution in [0.5, 0.6) is 0 Å². The molecule has 24 heavy (non-hydrogen) atoms. The molecule has 1 aromatic rings. The summed E-state index contributed by atoms with van der Waals surface area (Å²) in [5, 5.41) is 0. The van der Waals surface area contributed by atoms with E-state index in [-0.39, 0.29) is 35.1 Å². The average molecular weight is 634 g/mol. The molecule has 0 bridgehead atoms. The first kappa shape index (κ1) is 22.2. The molecule has 0 N–H and O–H groups in total. The molecule has 0 spiro atoms. The molecule has 132 valence electrons. The van der Waals surface area contributed by atoms with E-state index in [2.05, 4.69) is 72.2 Å². The van der Waals surface area contributed by atoms with Crippen molar-refractivity contribution in [1.29, 1.82) is 0 Å². The molecule has 2 rings (SSSR count). The third-order valence-electron chi connectivity index (χ3n) is 3.48. The summed E-state index contributed by atoms with van der Waals surface area (Å²) in [5.41, 5.74) is 2.62. The van der Waals surface area contributed by atoms with Gasteiger partial charge in [0.25, 0.3) is 0 Å². The zero-order chi connectivity index (χ0) is 17.1. The Labute approximate surface area is 176 Å². The van der Waals surface area contributed by atoms with Crippen LogP contribution in [0.1, 0.15) is 65.5 Å². The van der Waals surface area contributed by atoms with E-state index in [9.17, 15) is 0 Å². The van der Waals surface area contributed by atoms with Crippen LogP contribution in [-0.2, 0) is 0 Å². The van der Waals surface area contributed by atoms with Gasteiger partial charge in [-0.3, -0.25) is 0 Å². The Morgan fingerprint density at radius 1 is 0.958 bits per heavy atom. The average Bonchev–Trinajstić information content (AvgIpc) is 3.23. The first-order chi connectivity index (χ1) is 10.6. The van der Waals surface area contributed by atoms with Gasteiger partial charge < -0.3 is 24.0 Å². The number of aliphatic imine (C=N–C) groups is 2. The molecule has 1 aromatic carbocycles. The van der Waals surface area contributed by atoms with Crippen molar-refractivity contribution in [2.75, 3.05) is 0 Å². The molecule has 0 aromatic heterocycles. The van der Waals surface area contributed by atoms with Crippen molar-refractivity contribution >= 4 is 38.9 Å². The molecular weight excluding hydrogens is 604 g/mol. The predicted molar refractivity (Wildman–Crippen MR) is 104 cm³/mol. The van der Waals surface area contributed by atoms with Crippen molar-refractivity contribution in [3.05, 3.63) is 29.3 Å². The van der Waals surface area contributed by atoms with E-state index in [0.29, 0.717) is 0 Å². The largest absolute Gasteiger partial charge is 1.00 e. The monoisotopic (exact) mass is 634 g/mol. The van der Waals surface area contributed by atoms with E-state index in [1.54, 1.807) is 3.27 Å². The van der Waals surface area contributed by atoms with Crippen LogP contribution < -0.4 is 27.2 Å². The zero-order valence-corrected chi connectivity index (χ0v) is 21.4. The van der Waals surface area contributed by atoms with Gasteiger partial charge in [0.05, 0.1) is 0 Å². The summed E-state index contributed by atoms with van der Waals surface area (Å²) in [4.78, 5) is 9.48. The topological polar surface area (TPSA) is 24.7 Å². The van der Waals surface area contributed by atoms with Gasteiger partial charge in [-0.1, -0.05) is 0 Å². The van der Waals surface area contributed by atoms with Crippen LogP contribution in [0.25, 0.3) is 0 Å². The second-order valence-corrected chi connectivity index (χ2v) is 12.8. The molecule has 0 saturated heterocycles. The molecule has 2 radical (unpaired) electrons. The van der Waals surface area contributed by atoms with Gasteiger partial charge >= 0.3 is 154 Å². The number of hydrogen-bond acceptors (Lipinski definition) is 2. The fourth-order valence-corrected chi connectivity index (χ4v) is 7.60. The molecule has 2 nitrogen and oxygen atoms in total. The predicted octanol–water partition coefficient (Wildman–Crippen LogP) is 1.28. The Bertz CT molecular complexity index is 548. The van der Waals surface area contributed by atoms with E-state index in [0.717, 1.165) is 5.92 Å². The minimum absolute atomic E-state index is 0. The third kappa shape index (κ3) is 8.51. The van der Waals surface area contributed by atoms with Gasteiger partial charge in [0.2, 0.25) is 0 Å². The first-order valence-electron chi connectivity index (χ1n) is 8.55. The molecule has 0 atom stereocenters. The summed E-state index contributed by atoms with van der Waals surface area (Å²) in [5.74, 6) is 1.02. The van der Waals surface area contributed by atoms with E-state index < -0.39 is 23.2 Å².